The van der Waals surface area contributed by atoms with Crippen molar-refractivity contribution in [3.05, 3.63) is 11.1 Å². The fourth-order valence-corrected chi connectivity index (χ4v) is 2.16. The first-order valence-corrected chi connectivity index (χ1v) is 5.95. The quantitative estimate of drug-likeness (QED) is 0.709. The van der Waals surface area contributed by atoms with E-state index in [9.17, 15) is 4.79 Å². The molecular weight excluding hydrogens is 248 g/mol. The molecule has 106 valence electrons. The van der Waals surface area contributed by atoms with E-state index in [4.69, 9.17) is 18.9 Å². The zero-order valence-electron chi connectivity index (χ0n) is 12.0. The molecule has 0 aliphatic carbocycles. The minimum absolute atomic E-state index is 0.413. The fourth-order valence-electron chi connectivity index (χ4n) is 2.16. The highest BCUT2D eigenvalue weighted by Gasteiger charge is 2.24. The Morgan fingerprint density at radius 1 is 0.842 bits per heavy atom. The van der Waals surface area contributed by atoms with Crippen LogP contribution in [0.5, 0.6) is 23.0 Å². The third-order valence-electron chi connectivity index (χ3n) is 3.01. The number of carbonyl (C=O) groups is 1. The average Bonchev–Trinajstić information content (AvgIpc) is 2.44. The van der Waals surface area contributed by atoms with E-state index in [1.807, 2.05) is 6.92 Å². The molecule has 0 aliphatic rings. The highest BCUT2D eigenvalue weighted by atomic mass is 16.5. The van der Waals surface area contributed by atoms with Gasteiger partial charge in [0.05, 0.1) is 28.4 Å². The molecule has 5 heteroatoms. The van der Waals surface area contributed by atoms with E-state index in [0.29, 0.717) is 35.8 Å². The number of benzene rings is 1. The lowest BCUT2D eigenvalue weighted by molar-refractivity contribution is -0.107. The van der Waals surface area contributed by atoms with Gasteiger partial charge in [-0.2, -0.15) is 0 Å². The van der Waals surface area contributed by atoms with E-state index < -0.39 is 0 Å². The summed E-state index contributed by atoms with van der Waals surface area (Å²) < 4.78 is 21.5. The normalized spacial score (nSPS) is 9.95. The van der Waals surface area contributed by atoms with Gasteiger partial charge in [-0.1, -0.05) is 0 Å². The van der Waals surface area contributed by atoms with E-state index in [2.05, 4.69) is 0 Å². The molecule has 0 aliphatic heterocycles. The first kappa shape index (κ1) is 15.1. The van der Waals surface area contributed by atoms with Gasteiger partial charge >= 0.3 is 0 Å². The van der Waals surface area contributed by atoms with Crippen molar-refractivity contribution >= 4 is 6.29 Å². The molecule has 0 bridgehead atoms. The summed E-state index contributed by atoms with van der Waals surface area (Å²) in [6.45, 7) is 1.91. The van der Waals surface area contributed by atoms with Crippen LogP contribution in [-0.2, 0) is 11.2 Å². The number of ether oxygens (including phenoxy) is 4. The predicted molar refractivity (Wildman–Crippen MR) is 71.8 cm³/mol. The van der Waals surface area contributed by atoms with Gasteiger partial charge in [0, 0.05) is 17.5 Å². The summed E-state index contributed by atoms with van der Waals surface area (Å²) in [7, 11) is 6.22. The van der Waals surface area contributed by atoms with Gasteiger partial charge in [-0.3, -0.25) is 0 Å². The van der Waals surface area contributed by atoms with Crippen molar-refractivity contribution in [2.75, 3.05) is 28.4 Å². The molecule has 0 heterocycles. The van der Waals surface area contributed by atoms with E-state index >= 15 is 0 Å². The summed E-state index contributed by atoms with van der Waals surface area (Å²) in [4.78, 5) is 10.6. The zero-order chi connectivity index (χ0) is 14.4. The number of methoxy groups -OCH3 is 4. The molecule has 0 unspecified atom stereocenters. The molecule has 0 saturated carbocycles. The Balaban J connectivity index is 3.56. The summed E-state index contributed by atoms with van der Waals surface area (Å²) in [5.74, 6) is 2.16. The van der Waals surface area contributed by atoms with E-state index in [0.717, 1.165) is 17.4 Å². The zero-order valence-corrected chi connectivity index (χ0v) is 12.0. The summed E-state index contributed by atoms with van der Waals surface area (Å²) >= 11 is 0. The number of rotatable bonds is 7. The molecule has 5 nitrogen and oxygen atoms in total. The van der Waals surface area contributed by atoms with Crippen LogP contribution >= 0.6 is 0 Å². The second kappa shape index (κ2) is 6.87. The van der Waals surface area contributed by atoms with Gasteiger partial charge in [0.15, 0.2) is 11.5 Å². The number of hydrogen-bond acceptors (Lipinski definition) is 5. The van der Waals surface area contributed by atoms with Crippen LogP contribution in [0.15, 0.2) is 0 Å². The summed E-state index contributed by atoms with van der Waals surface area (Å²) in [6, 6.07) is 0. The van der Waals surface area contributed by atoms with Gasteiger partial charge in [-0.25, -0.2) is 0 Å². The summed E-state index contributed by atoms with van der Waals surface area (Å²) in [5, 5.41) is 0. The van der Waals surface area contributed by atoms with E-state index in [-0.39, 0.29) is 0 Å². The van der Waals surface area contributed by atoms with Gasteiger partial charge < -0.3 is 23.7 Å². The number of hydrogen-bond donors (Lipinski definition) is 0. The minimum atomic E-state index is 0.413. The van der Waals surface area contributed by atoms with Crippen LogP contribution in [-0.4, -0.2) is 34.7 Å². The molecule has 0 amide bonds. The van der Waals surface area contributed by atoms with Crippen LogP contribution in [0.3, 0.4) is 0 Å². The molecule has 0 fully saturated rings. The highest BCUT2D eigenvalue weighted by Crippen LogP contribution is 2.49. The van der Waals surface area contributed by atoms with Gasteiger partial charge in [-0.05, 0) is 13.3 Å². The predicted octanol–water partition coefficient (Wildman–Crippen LogP) is 2.16. The van der Waals surface area contributed by atoms with Crippen molar-refractivity contribution in [1.82, 2.24) is 0 Å². The van der Waals surface area contributed by atoms with Gasteiger partial charge in [0.2, 0.25) is 11.5 Å². The third kappa shape index (κ3) is 2.75. The Labute approximate surface area is 113 Å². The third-order valence-corrected chi connectivity index (χ3v) is 3.01. The Morgan fingerprint density at radius 3 is 1.74 bits per heavy atom. The largest absolute Gasteiger partial charge is 0.492 e. The van der Waals surface area contributed by atoms with Crippen LogP contribution in [0.1, 0.15) is 17.5 Å². The lowest BCUT2D eigenvalue weighted by atomic mass is 10.00. The average molecular weight is 268 g/mol. The van der Waals surface area contributed by atoms with E-state index in [1.165, 1.54) is 0 Å². The van der Waals surface area contributed by atoms with Crippen LogP contribution < -0.4 is 18.9 Å². The van der Waals surface area contributed by atoms with Gasteiger partial charge in [0.1, 0.15) is 6.29 Å². The molecule has 0 atom stereocenters. The number of carbonyl (C=O) groups excluding carboxylic acids is 1. The van der Waals surface area contributed by atoms with Crippen LogP contribution in [0.2, 0.25) is 0 Å². The SMILES string of the molecule is COc1c(C)c(CCC=O)c(OC)c(OC)c1OC. The smallest absolute Gasteiger partial charge is 0.207 e. The highest BCUT2D eigenvalue weighted by molar-refractivity contribution is 5.67. The molecule has 1 aromatic rings. The molecule has 1 aromatic carbocycles. The molecule has 1 rings (SSSR count). The first-order valence-electron chi connectivity index (χ1n) is 5.95. The summed E-state index contributed by atoms with van der Waals surface area (Å²) in [6.07, 6.45) is 1.85. The Hall–Kier alpha value is -1.91. The standard InChI is InChI=1S/C14H20O5/c1-9-10(7-6-8-15)12(17-3)14(19-5)13(18-4)11(9)16-2/h8H,6-7H2,1-5H3. The Kier molecular flexibility index (Phi) is 5.48. The maximum Gasteiger partial charge on any atom is 0.207 e. The van der Waals surface area contributed by atoms with Gasteiger partial charge in [-0.15, -0.1) is 0 Å². The van der Waals surface area contributed by atoms with Crippen molar-refractivity contribution in [2.45, 2.75) is 19.8 Å². The molecular formula is C14H20O5. The van der Waals surface area contributed by atoms with Crippen molar-refractivity contribution in [2.24, 2.45) is 0 Å². The molecule has 0 saturated heterocycles. The molecule has 0 spiro atoms. The lowest BCUT2D eigenvalue weighted by Gasteiger charge is -2.21. The Morgan fingerprint density at radius 2 is 1.32 bits per heavy atom. The van der Waals surface area contributed by atoms with Crippen molar-refractivity contribution in [3.63, 3.8) is 0 Å². The van der Waals surface area contributed by atoms with Crippen LogP contribution in [0.25, 0.3) is 0 Å². The molecule has 0 aromatic heterocycles. The maximum atomic E-state index is 10.6. The molecule has 0 N–H and O–H groups in total. The van der Waals surface area contributed by atoms with E-state index in [1.54, 1.807) is 28.4 Å². The molecule has 0 radical (unpaired) electrons. The topological polar surface area (TPSA) is 54.0 Å². The van der Waals surface area contributed by atoms with Gasteiger partial charge in [0.25, 0.3) is 0 Å². The first-order chi connectivity index (χ1) is 9.15. The van der Waals surface area contributed by atoms with Crippen molar-refractivity contribution in [1.29, 1.82) is 0 Å². The van der Waals surface area contributed by atoms with Crippen LogP contribution in [0, 0.1) is 6.92 Å². The molecule has 19 heavy (non-hydrogen) atoms. The minimum Gasteiger partial charge on any atom is -0.492 e. The fraction of sp³-hybridized carbons (Fsp3) is 0.500. The van der Waals surface area contributed by atoms with Crippen molar-refractivity contribution in [3.8, 4) is 23.0 Å². The van der Waals surface area contributed by atoms with Crippen molar-refractivity contribution < 1.29 is 23.7 Å². The Bertz CT molecular complexity index is 454. The summed E-state index contributed by atoms with van der Waals surface area (Å²) in [5.41, 5.74) is 1.78. The maximum absolute atomic E-state index is 10.6. The number of aldehydes is 1. The second-order valence-corrected chi connectivity index (χ2v) is 3.94. The monoisotopic (exact) mass is 268 g/mol. The lowest BCUT2D eigenvalue weighted by Crippen LogP contribution is -2.05. The second-order valence-electron chi connectivity index (χ2n) is 3.94. The van der Waals surface area contributed by atoms with Crippen LogP contribution in [0.4, 0.5) is 0 Å².